The first-order valence-electron chi connectivity index (χ1n) is 5.82. The highest BCUT2D eigenvalue weighted by molar-refractivity contribution is 5.95. The van der Waals surface area contributed by atoms with E-state index in [0.717, 1.165) is 16.5 Å². The van der Waals surface area contributed by atoms with Crippen LogP contribution in [0.1, 0.15) is 5.56 Å². The van der Waals surface area contributed by atoms with Crippen LogP contribution < -0.4 is 5.32 Å². The molecule has 2 heterocycles. The van der Waals surface area contributed by atoms with Gasteiger partial charge >= 0.3 is 0 Å². The van der Waals surface area contributed by atoms with Gasteiger partial charge in [0.05, 0.1) is 17.4 Å². The maximum atomic E-state index is 9.08. The molecule has 0 fully saturated rings. The highest BCUT2D eigenvalue weighted by Gasteiger charge is 2.04. The third-order valence-corrected chi connectivity index (χ3v) is 2.89. The molecule has 3 aromatic rings. The average molecular weight is 246 g/mol. The number of hydrogen-bond acceptors (Lipinski definition) is 4. The van der Waals surface area contributed by atoms with Gasteiger partial charge in [-0.25, -0.2) is 0 Å². The monoisotopic (exact) mass is 246 g/mol. The second-order valence-corrected chi connectivity index (χ2v) is 4.06. The van der Waals surface area contributed by atoms with Crippen LogP contribution in [0.3, 0.4) is 0 Å². The molecule has 0 unspecified atom stereocenters. The van der Waals surface area contributed by atoms with Crippen LogP contribution in [0.2, 0.25) is 0 Å². The Balaban J connectivity index is 2.09. The topological polar surface area (TPSA) is 61.6 Å². The highest BCUT2D eigenvalue weighted by atomic mass is 14.9. The first kappa shape index (κ1) is 11.2. The van der Waals surface area contributed by atoms with E-state index in [0.29, 0.717) is 11.3 Å². The van der Waals surface area contributed by atoms with E-state index >= 15 is 0 Å². The van der Waals surface area contributed by atoms with Gasteiger partial charge in [-0.15, -0.1) is 0 Å². The van der Waals surface area contributed by atoms with Gasteiger partial charge in [-0.3, -0.25) is 9.97 Å². The molecule has 1 N–H and O–H groups in total. The predicted molar refractivity (Wildman–Crippen MR) is 74.0 cm³/mol. The SMILES string of the molecule is N#Cc1ccncc1Nc1cccc2cnccc12. The lowest BCUT2D eigenvalue weighted by atomic mass is 10.1. The van der Waals surface area contributed by atoms with Crippen LogP contribution in [-0.4, -0.2) is 9.97 Å². The van der Waals surface area contributed by atoms with Crippen molar-refractivity contribution in [3.8, 4) is 6.07 Å². The number of pyridine rings is 2. The first-order chi connectivity index (χ1) is 9.38. The van der Waals surface area contributed by atoms with Crippen molar-refractivity contribution >= 4 is 22.1 Å². The number of nitrogens with zero attached hydrogens (tertiary/aromatic N) is 3. The van der Waals surface area contributed by atoms with Crippen molar-refractivity contribution in [1.29, 1.82) is 5.26 Å². The van der Waals surface area contributed by atoms with Gasteiger partial charge < -0.3 is 5.32 Å². The Morgan fingerprint density at radius 2 is 1.79 bits per heavy atom. The van der Waals surface area contributed by atoms with E-state index in [9.17, 15) is 0 Å². The molecule has 0 aliphatic rings. The number of nitriles is 1. The smallest absolute Gasteiger partial charge is 0.101 e. The van der Waals surface area contributed by atoms with Crippen molar-refractivity contribution in [2.75, 3.05) is 5.32 Å². The van der Waals surface area contributed by atoms with E-state index in [1.165, 1.54) is 0 Å². The summed E-state index contributed by atoms with van der Waals surface area (Å²) in [6, 6.07) is 11.7. The summed E-state index contributed by atoms with van der Waals surface area (Å²) in [7, 11) is 0. The molecule has 0 aliphatic heterocycles. The zero-order chi connectivity index (χ0) is 13.1. The largest absolute Gasteiger partial charge is 0.353 e. The van der Waals surface area contributed by atoms with Crippen molar-refractivity contribution in [2.45, 2.75) is 0 Å². The lowest BCUT2D eigenvalue weighted by molar-refractivity contribution is 1.30. The van der Waals surface area contributed by atoms with Gasteiger partial charge in [0, 0.05) is 35.1 Å². The summed E-state index contributed by atoms with van der Waals surface area (Å²) in [5, 5.41) is 14.4. The fraction of sp³-hybridized carbons (Fsp3) is 0. The van der Waals surface area contributed by atoms with E-state index in [4.69, 9.17) is 5.26 Å². The molecule has 0 aliphatic carbocycles. The highest BCUT2D eigenvalue weighted by Crippen LogP contribution is 2.26. The van der Waals surface area contributed by atoms with Crippen LogP contribution in [0.25, 0.3) is 10.8 Å². The molecule has 1 aromatic carbocycles. The predicted octanol–water partition coefficient (Wildman–Crippen LogP) is 3.25. The molecule has 2 aromatic heterocycles. The molecule has 0 spiro atoms. The van der Waals surface area contributed by atoms with Crippen molar-refractivity contribution < 1.29 is 0 Å². The van der Waals surface area contributed by atoms with Gasteiger partial charge in [0.25, 0.3) is 0 Å². The maximum absolute atomic E-state index is 9.08. The summed E-state index contributed by atoms with van der Waals surface area (Å²) in [6.45, 7) is 0. The molecule has 0 saturated carbocycles. The van der Waals surface area contributed by atoms with Crippen molar-refractivity contribution in [1.82, 2.24) is 9.97 Å². The second kappa shape index (κ2) is 4.75. The van der Waals surface area contributed by atoms with Gasteiger partial charge in [0.1, 0.15) is 6.07 Å². The number of hydrogen-bond donors (Lipinski definition) is 1. The van der Waals surface area contributed by atoms with Crippen LogP contribution in [0.4, 0.5) is 11.4 Å². The summed E-state index contributed by atoms with van der Waals surface area (Å²) >= 11 is 0. The molecule has 3 rings (SSSR count). The lowest BCUT2D eigenvalue weighted by Crippen LogP contribution is -1.95. The van der Waals surface area contributed by atoms with E-state index in [1.807, 2.05) is 30.5 Å². The number of benzene rings is 1. The van der Waals surface area contributed by atoms with Crippen molar-refractivity contribution in [3.05, 3.63) is 60.7 Å². The van der Waals surface area contributed by atoms with Crippen LogP contribution in [-0.2, 0) is 0 Å². The average Bonchev–Trinajstić information content (AvgIpc) is 2.48. The van der Waals surface area contributed by atoms with Crippen LogP contribution in [0.15, 0.2) is 55.1 Å². The normalized spacial score (nSPS) is 10.1. The molecule has 90 valence electrons. The summed E-state index contributed by atoms with van der Waals surface area (Å²) in [4.78, 5) is 8.15. The van der Waals surface area contributed by atoms with Crippen LogP contribution >= 0.6 is 0 Å². The Bertz CT molecular complexity index is 769. The van der Waals surface area contributed by atoms with Crippen molar-refractivity contribution in [2.24, 2.45) is 0 Å². The van der Waals surface area contributed by atoms with E-state index in [-0.39, 0.29) is 0 Å². The first-order valence-corrected chi connectivity index (χ1v) is 5.82. The second-order valence-electron chi connectivity index (χ2n) is 4.06. The zero-order valence-corrected chi connectivity index (χ0v) is 10.0. The fourth-order valence-electron chi connectivity index (χ4n) is 1.97. The standard InChI is InChI=1S/C15H10N4/c16-8-11-4-6-18-10-15(11)19-14-3-1-2-12-9-17-7-5-13(12)14/h1-7,9-10,19H. The van der Waals surface area contributed by atoms with Crippen molar-refractivity contribution in [3.63, 3.8) is 0 Å². The molecule has 4 heteroatoms. The van der Waals surface area contributed by atoms with Gasteiger partial charge in [-0.05, 0) is 18.2 Å². The number of nitrogens with one attached hydrogen (secondary N) is 1. The summed E-state index contributed by atoms with van der Waals surface area (Å²) in [6.07, 6.45) is 6.83. The molecule has 19 heavy (non-hydrogen) atoms. The molecular formula is C15H10N4. The molecule has 0 bridgehead atoms. The van der Waals surface area contributed by atoms with Gasteiger partial charge in [0.15, 0.2) is 0 Å². The number of fused-ring (bicyclic) bond motifs is 1. The Morgan fingerprint density at radius 3 is 2.68 bits per heavy atom. The fourth-order valence-corrected chi connectivity index (χ4v) is 1.97. The lowest BCUT2D eigenvalue weighted by Gasteiger charge is -2.10. The number of aromatic nitrogens is 2. The third-order valence-electron chi connectivity index (χ3n) is 2.89. The Kier molecular flexibility index (Phi) is 2.79. The van der Waals surface area contributed by atoms with E-state index < -0.39 is 0 Å². The molecule has 0 amide bonds. The summed E-state index contributed by atoms with van der Waals surface area (Å²) in [5.41, 5.74) is 2.21. The zero-order valence-electron chi connectivity index (χ0n) is 10.0. The minimum atomic E-state index is 0.570. The number of rotatable bonds is 2. The maximum Gasteiger partial charge on any atom is 0.101 e. The molecule has 0 saturated heterocycles. The minimum absolute atomic E-state index is 0.570. The summed E-state index contributed by atoms with van der Waals surface area (Å²) < 4.78 is 0. The quantitative estimate of drug-likeness (QED) is 0.754. The Hall–Kier alpha value is -2.93. The van der Waals surface area contributed by atoms with Crippen LogP contribution in [0.5, 0.6) is 0 Å². The summed E-state index contributed by atoms with van der Waals surface area (Å²) in [5.74, 6) is 0. The van der Waals surface area contributed by atoms with Gasteiger partial charge in [0.2, 0.25) is 0 Å². The molecule has 0 atom stereocenters. The van der Waals surface area contributed by atoms with Gasteiger partial charge in [-0.2, -0.15) is 5.26 Å². The van der Waals surface area contributed by atoms with E-state index in [2.05, 4.69) is 21.4 Å². The Morgan fingerprint density at radius 1 is 0.947 bits per heavy atom. The Labute approximate surface area is 110 Å². The minimum Gasteiger partial charge on any atom is -0.353 e. The molecular weight excluding hydrogens is 236 g/mol. The third kappa shape index (κ3) is 2.09. The van der Waals surface area contributed by atoms with Crippen LogP contribution in [0, 0.1) is 11.3 Å². The van der Waals surface area contributed by atoms with E-state index in [1.54, 1.807) is 24.7 Å². The molecule has 0 radical (unpaired) electrons. The number of anilines is 2. The van der Waals surface area contributed by atoms with Gasteiger partial charge in [-0.1, -0.05) is 12.1 Å². The molecule has 4 nitrogen and oxygen atoms in total.